The van der Waals surface area contributed by atoms with Crippen molar-refractivity contribution in [1.82, 2.24) is 14.5 Å². The fraction of sp³-hybridized carbons (Fsp3) is 0.652. The van der Waals surface area contributed by atoms with Crippen molar-refractivity contribution in [3.63, 3.8) is 0 Å². The second-order valence-electron chi connectivity index (χ2n) is 9.32. The van der Waals surface area contributed by atoms with Crippen LogP contribution in [0.4, 0.5) is 5.69 Å². The molecule has 2 saturated carbocycles. The molecule has 4 rings (SSSR count). The van der Waals surface area contributed by atoms with Gasteiger partial charge in [0.2, 0.25) is 21.8 Å². The van der Waals surface area contributed by atoms with Crippen LogP contribution < -0.4 is 10.0 Å². The quantitative estimate of drug-likeness (QED) is 0.675. The lowest BCUT2D eigenvalue weighted by molar-refractivity contribution is -0.139. The summed E-state index contributed by atoms with van der Waals surface area (Å²) < 4.78 is 28.3. The number of sulfonamides is 1. The maximum absolute atomic E-state index is 13.0. The molecule has 0 aromatic heterocycles. The molecule has 0 spiro atoms. The van der Waals surface area contributed by atoms with Crippen molar-refractivity contribution >= 4 is 27.5 Å². The van der Waals surface area contributed by atoms with E-state index in [1.807, 2.05) is 4.90 Å². The van der Waals surface area contributed by atoms with Gasteiger partial charge in [0.25, 0.3) is 0 Å². The van der Waals surface area contributed by atoms with Crippen molar-refractivity contribution in [3.8, 4) is 0 Å². The summed E-state index contributed by atoms with van der Waals surface area (Å²) in [6, 6.07) is 6.72. The minimum absolute atomic E-state index is 0.00273. The van der Waals surface area contributed by atoms with Crippen LogP contribution in [-0.4, -0.2) is 68.3 Å². The lowest BCUT2D eigenvalue weighted by Crippen LogP contribution is -2.54. The first-order valence-electron chi connectivity index (χ1n) is 11.7. The molecule has 8 nitrogen and oxygen atoms in total. The zero-order chi connectivity index (χ0) is 22.7. The summed E-state index contributed by atoms with van der Waals surface area (Å²) in [4.78, 5) is 28.8. The number of hydrogen-bond acceptors (Lipinski definition) is 5. The third kappa shape index (κ3) is 5.50. The zero-order valence-electron chi connectivity index (χ0n) is 18.8. The second-order valence-corrected chi connectivity index (χ2v) is 11.0. The number of hydrogen-bond donors (Lipinski definition) is 2. The van der Waals surface area contributed by atoms with E-state index in [2.05, 4.69) is 14.9 Å². The van der Waals surface area contributed by atoms with Gasteiger partial charge in [-0.3, -0.25) is 14.5 Å². The molecule has 1 aromatic carbocycles. The molecular weight excluding hydrogens is 428 g/mol. The lowest BCUT2D eigenvalue weighted by Gasteiger charge is -2.44. The number of carbonyl (C=O) groups excluding carboxylic acids is 2. The number of anilines is 1. The fourth-order valence-electron chi connectivity index (χ4n) is 4.98. The summed E-state index contributed by atoms with van der Waals surface area (Å²) in [7, 11) is -3.64. The van der Waals surface area contributed by atoms with Crippen molar-refractivity contribution in [2.45, 2.75) is 68.8 Å². The molecule has 9 heteroatoms. The number of carbonyl (C=O) groups is 2. The van der Waals surface area contributed by atoms with E-state index in [0.717, 1.165) is 45.1 Å². The third-order valence-corrected chi connectivity index (χ3v) is 8.64. The molecule has 3 aliphatic rings. The summed E-state index contributed by atoms with van der Waals surface area (Å²) in [5.41, 5.74) is 0.559. The van der Waals surface area contributed by atoms with E-state index in [-0.39, 0.29) is 28.7 Å². The molecule has 2 amide bonds. The largest absolute Gasteiger partial charge is 0.340 e. The minimum Gasteiger partial charge on any atom is -0.340 e. The Labute approximate surface area is 190 Å². The standard InChI is InChI=1S/C23H34N4O4S/c1-17(28)24-19-9-11-22(12-10-19)32(30,31)25-20-7-5-18(6-8-20)23(29)27-15-13-26(14-16-27)21-3-2-4-21/h9-12,18,20-21,25H,2-8,13-16H2,1H3,(H,24,28)/t18-,20-. The summed E-state index contributed by atoms with van der Waals surface area (Å²) in [6.07, 6.45) is 6.70. The van der Waals surface area contributed by atoms with Gasteiger partial charge >= 0.3 is 0 Å². The molecule has 0 atom stereocenters. The number of nitrogens with zero attached hydrogens (tertiary/aromatic N) is 2. The first-order valence-corrected chi connectivity index (χ1v) is 13.2. The minimum atomic E-state index is -3.64. The number of piperazine rings is 1. The summed E-state index contributed by atoms with van der Waals surface area (Å²) in [5.74, 6) is 0.0429. The van der Waals surface area contributed by atoms with Gasteiger partial charge in [-0.25, -0.2) is 13.1 Å². The Morgan fingerprint density at radius 2 is 1.53 bits per heavy atom. The van der Waals surface area contributed by atoms with Gasteiger partial charge in [0.15, 0.2) is 0 Å². The molecular formula is C23H34N4O4S. The Morgan fingerprint density at radius 3 is 2.06 bits per heavy atom. The van der Waals surface area contributed by atoms with Gasteiger partial charge in [-0.05, 0) is 62.8 Å². The molecule has 176 valence electrons. The first kappa shape index (κ1) is 23.2. The SMILES string of the molecule is CC(=O)Nc1ccc(S(=O)(=O)N[C@H]2CC[C@H](C(=O)N3CCN(C4CCC4)CC3)CC2)cc1. The summed E-state index contributed by atoms with van der Waals surface area (Å²) >= 11 is 0. The Kier molecular flexibility index (Phi) is 7.17. The van der Waals surface area contributed by atoms with Crippen molar-refractivity contribution in [2.75, 3.05) is 31.5 Å². The molecule has 0 unspecified atom stereocenters. The predicted molar refractivity (Wildman–Crippen MR) is 123 cm³/mol. The average molecular weight is 463 g/mol. The normalized spacial score (nSPS) is 25.2. The first-order chi connectivity index (χ1) is 15.3. The van der Waals surface area contributed by atoms with Gasteiger partial charge in [0.1, 0.15) is 0 Å². The molecule has 3 fully saturated rings. The number of amides is 2. The number of benzene rings is 1. The van der Waals surface area contributed by atoms with E-state index in [4.69, 9.17) is 0 Å². The molecule has 0 bridgehead atoms. The van der Waals surface area contributed by atoms with Gasteiger partial charge in [0.05, 0.1) is 4.90 Å². The van der Waals surface area contributed by atoms with Crippen LogP contribution in [0, 0.1) is 5.92 Å². The van der Waals surface area contributed by atoms with Crippen LogP contribution in [0.15, 0.2) is 29.2 Å². The summed E-state index contributed by atoms with van der Waals surface area (Å²) in [5, 5.41) is 2.63. The van der Waals surface area contributed by atoms with E-state index >= 15 is 0 Å². The molecule has 1 aromatic rings. The van der Waals surface area contributed by atoms with Crippen LogP contribution in [0.3, 0.4) is 0 Å². The van der Waals surface area contributed by atoms with E-state index in [0.29, 0.717) is 18.5 Å². The van der Waals surface area contributed by atoms with Gasteiger partial charge in [-0.1, -0.05) is 6.42 Å². The molecule has 32 heavy (non-hydrogen) atoms. The van der Waals surface area contributed by atoms with E-state index in [1.54, 1.807) is 12.1 Å². The molecule has 1 saturated heterocycles. The van der Waals surface area contributed by atoms with Gasteiger partial charge in [-0.15, -0.1) is 0 Å². The van der Waals surface area contributed by atoms with Crippen molar-refractivity contribution in [2.24, 2.45) is 5.92 Å². The van der Waals surface area contributed by atoms with Gasteiger partial charge in [0, 0.05) is 56.8 Å². The maximum atomic E-state index is 13.0. The Morgan fingerprint density at radius 1 is 0.906 bits per heavy atom. The topological polar surface area (TPSA) is 98.8 Å². The Balaban J connectivity index is 1.24. The highest BCUT2D eigenvalue weighted by Gasteiger charge is 2.34. The van der Waals surface area contributed by atoms with Crippen LogP contribution >= 0.6 is 0 Å². The molecule has 0 radical (unpaired) electrons. The van der Waals surface area contributed by atoms with Crippen molar-refractivity contribution < 1.29 is 18.0 Å². The van der Waals surface area contributed by atoms with Crippen LogP contribution in [0.2, 0.25) is 0 Å². The highest BCUT2D eigenvalue weighted by atomic mass is 32.2. The maximum Gasteiger partial charge on any atom is 0.240 e. The van der Waals surface area contributed by atoms with E-state index in [9.17, 15) is 18.0 Å². The van der Waals surface area contributed by atoms with Crippen LogP contribution in [0.5, 0.6) is 0 Å². The average Bonchev–Trinajstić information content (AvgIpc) is 2.73. The van der Waals surface area contributed by atoms with E-state index < -0.39 is 10.0 Å². The number of nitrogens with one attached hydrogen (secondary N) is 2. The van der Waals surface area contributed by atoms with Crippen LogP contribution in [0.1, 0.15) is 51.9 Å². The lowest BCUT2D eigenvalue weighted by atomic mass is 9.85. The van der Waals surface area contributed by atoms with Crippen molar-refractivity contribution in [1.29, 1.82) is 0 Å². The Bertz CT molecular complexity index is 914. The fourth-order valence-corrected chi connectivity index (χ4v) is 6.29. The second kappa shape index (κ2) is 9.89. The number of rotatable bonds is 6. The smallest absolute Gasteiger partial charge is 0.240 e. The van der Waals surface area contributed by atoms with Gasteiger partial charge in [-0.2, -0.15) is 0 Å². The van der Waals surface area contributed by atoms with Crippen LogP contribution in [0.25, 0.3) is 0 Å². The third-order valence-electron chi connectivity index (χ3n) is 7.10. The predicted octanol–water partition coefficient (Wildman–Crippen LogP) is 2.18. The zero-order valence-corrected chi connectivity index (χ0v) is 19.6. The van der Waals surface area contributed by atoms with Crippen molar-refractivity contribution in [3.05, 3.63) is 24.3 Å². The Hall–Kier alpha value is -1.97. The molecule has 1 aliphatic heterocycles. The molecule has 1 heterocycles. The monoisotopic (exact) mass is 462 g/mol. The summed E-state index contributed by atoms with van der Waals surface area (Å²) in [6.45, 7) is 4.99. The highest BCUT2D eigenvalue weighted by Crippen LogP contribution is 2.29. The molecule has 2 aliphatic carbocycles. The van der Waals surface area contributed by atoms with E-state index in [1.165, 1.54) is 38.3 Å². The highest BCUT2D eigenvalue weighted by molar-refractivity contribution is 7.89. The molecule has 2 N–H and O–H groups in total. The van der Waals surface area contributed by atoms with Gasteiger partial charge < -0.3 is 10.2 Å². The van der Waals surface area contributed by atoms with Crippen LogP contribution in [-0.2, 0) is 19.6 Å².